The van der Waals surface area contributed by atoms with E-state index in [1.165, 1.54) is 11.3 Å². The van der Waals surface area contributed by atoms with Crippen molar-refractivity contribution < 1.29 is 14.3 Å². The first-order chi connectivity index (χ1) is 11.5. The Morgan fingerprint density at radius 2 is 2.00 bits per heavy atom. The van der Waals surface area contributed by atoms with Gasteiger partial charge in [0.2, 0.25) is 0 Å². The smallest absolute Gasteiger partial charge is 0.271 e. The maximum absolute atomic E-state index is 12.4. The molecule has 2 aromatic rings. The summed E-state index contributed by atoms with van der Waals surface area (Å²) in [6, 6.07) is 8.38. The number of thiazole rings is 1. The van der Waals surface area contributed by atoms with Crippen molar-refractivity contribution in [1.29, 1.82) is 0 Å². The molecular formula is C17H21N3O3S. The standard InChI is InChI=1S/C17H21N3O3S/c1-12(2)15(16(22)19-17-20(3)9-10-24-17)18-14(21)11-23-13-7-5-4-6-8-13/h4-10,12,15H,11H2,1-3H3,(H,18,21). The van der Waals surface area contributed by atoms with Crippen LogP contribution in [0.5, 0.6) is 5.75 Å². The van der Waals surface area contributed by atoms with Crippen LogP contribution in [0, 0.1) is 5.92 Å². The highest BCUT2D eigenvalue weighted by Gasteiger charge is 2.24. The maximum atomic E-state index is 12.4. The molecule has 0 aliphatic carbocycles. The van der Waals surface area contributed by atoms with Gasteiger partial charge in [-0.1, -0.05) is 32.0 Å². The monoisotopic (exact) mass is 347 g/mol. The van der Waals surface area contributed by atoms with Crippen LogP contribution in [-0.4, -0.2) is 29.0 Å². The molecule has 1 unspecified atom stereocenters. The number of para-hydroxylation sites is 1. The lowest BCUT2D eigenvalue weighted by Gasteiger charge is -2.19. The van der Waals surface area contributed by atoms with E-state index in [0.29, 0.717) is 10.6 Å². The molecule has 0 saturated heterocycles. The summed E-state index contributed by atoms with van der Waals surface area (Å²) in [5.41, 5.74) is 0. The van der Waals surface area contributed by atoms with Crippen molar-refractivity contribution in [3.05, 3.63) is 46.7 Å². The largest absolute Gasteiger partial charge is 0.484 e. The van der Waals surface area contributed by atoms with Crippen molar-refractivity contribution in [3.63, 3.8) is 0 Å². The molecule has 1 N–H and O–H groups in total. The molecule has 1 aromatic carbocycles. The summed E-state index contributed by atoms with van der Waals surface area (Å²) in [4.78, 5) is 29.2. The molecule has 0 fully saturated rings. The van der Waals surface area contributed by atoms with Gasteiger partial charge in [-0.25, -0.2) is 0 Å². The number of hydrogen-bond acceptors (Lipinski definition) is 4. The van der Waals surface area contributed by atoms with Crippen LogP contribution in [0.1, 0.15) is 13.8 Å². The first kappa shape index (κ1) is 17.9. The second-order valence-electron chi connectivity index (χ2n) is 5.64. The Kier molecular flexibility index (Phi) is 6.31. The van der Waals surface area contributed by atoms with E-state index in [9.17, 15) is 9.59 Å². The van der Waals surface area contributed by atoms with Crippen LogP contribution in [0.15, 0.2) is 46.9 Å². The minimum absolute atomic E-state index is 0.0767. The molecule has 0 saturated carbocycles. The number of rotatable bonds is 6. The van der Waals surface area contributed by atoms with Crippen molar-refractivity contribution in [2.75, 3.05) is 6.61 Å². The lowest BCUT2D eigenvalue weighted by atomic mass is 10.0. The van der Waals surface area contributed by atoms with Crippen LogP contribution in [0.25, 0.3) is 0 Å². The number of ether oxygens (including phenoxy) is 1. The van der Waals surface area contributed by atoms with Gasteiger partial charge in [-0.2, -0.15) is 4.99 Å². The number of carbonyl (C=O) groups excluding carboxylic acids is 2. The molecule has 0 radical (unpaired) electrons. The second-order valence-corrected chi connectivity index (χ2v) is 6.51. The summed E-state index contributed by atoms with van der Waals surface area (Å²) >= 11 is 1.37. The van der Waals surface area contributed by atoms with Gasteiger partial charge in [0.25, 0.3) is 11.8 Å². The van der Waals surface area contributed by atoms with Crippen LogP contribution < -0.4 is 14.9 Å². The van der Waals surface area contributed by atoms with Gasteiger partial charge in [-0.05, 0) is 18.1 Å². The molecule has 1 atom stereocenters. The quantitative estimate of drug-likeness (QED) is 0.865. The third-order valence-corrected chi connectivity index (χ3v) is 4.18. The van der Waals surface area contributed by atoms with E-state index in [0.717, 1.165) is 0 Å². The zero-order chi connectivity index (χ0) is 17.5. The number of aromatic nitrogens is 1. The van der Waals surface area contributed by atoms with Gasteiger partial charge in [-0.15, -0.1) is 11.3 Å². The fourth-order valence-corrected chi connectivity index (χ4v) is 2.73. The minimum Gasteiger partial charge on any atom is -0.484 e. The zero-order valence-electron chi connectivity index (χ0n) is 13.9. The summed E-state index contributed by atoms with van der Waals surface area (Å²) in [5.74, 6) is -0.185. The first-order valence-corrected chi connectivity index (χ1v) is 8.51. The fraction of sp³-hybridized carbons (Fsp3) is 0.353. The number of nitrogens with one attached hydrogen (secondary N) is 1. The topological polar surface area (TPSA) is 72.7 Å². The van der Waals surface area contributed by atoms with Gasteiger partial charge in [0.1, 0.15) is 11.8 Å². The SMILES string of the molecule is CC(C)C(NC(=O)COc1ccccc1)C(=O)N=c1sccn1C. The Bertz CT molecular complexity index is 750. The van der Waals surface area contributed by atoms with E-state index < -0.39 is 6.04 Å². The van der Waals surface area contributed by atoms with E-state index in [-0.39, 0.29) is 24.3 Å². The fourth-order valence-electron chi connectivity index (χ4n) is 1.99. The van der Waals surface area contributed by atoms with Gasteiger partial charge < -0.3 is 14.6 Å². The molecule has 0 spiro atoms. The maximum Gasteiger partial charge on any atom is 0.271 e. The van der Waals surface area contributed by atoms with Crippen molar-refractivity contribution >= 4 is 23.2 Å². The van der Waals surface area contributed by atoms with Crippen LogP contribution >= 0.6 is 11.3 Å². The van der Waals surface area contributed by atoms with E-state index >= 15 is 0 Å². The Morgan fingerprint density at radius 3 is 2.58 bits per heavy atom. The third kappa shape index (κ3) is 5.06. The van der Waals surface area contributed by atoms with Crippen LogP contribution in [0.3, 0.4) is 0 Å². The average molecular weight is 347 g/mol. The molecule has 2 amide bonds. The molecule has 24 heavy (non-hydrogen) atoms. The van der Waals surface area contributed by atoms with Gasteiger partial charge in [0.05, 0.1) is 0 Å². The van der Waals surface area contributed by atoms with E-state index in [2.05, 4.69) is 10.3 Å². The van der Waals surface area contributed by atoms with E-state index in [4.69, 9.17) is 4.74 Å². The lowest BCUT2D eigenvalue weighted by Crippen LogP contribution is -2.46. The molecule has 1 heterocycles. The van der Waals surface area contributed by atoms with E-state index in [1.54, 1.807) is 16.7 Å². The number of aryl methyl sites for hydroxylation is 1. The Morgan fingerprint density at radius 1 is 1.29 bits per heavy atom. The molecule has 128 valence electrons. The molecule has 7 heteroatoms. The Labute approximate surface area is 144 Å². The highest BCUT2D eigenvalue weighted by atomic mass is 32.1. The molecule has 0 bridgehead atoms. The number of benzene rings is 1. The van der Waals surface area contributed by atoms with Crippen molar-refractivity contribution in [1.82, 2.24) is 9.88 Å². The Balaban J connectivity index is 1.99. The first-order valence-electron chi connectivity index (χ1n) is 7.63. The van der Waals surface area contributed by atoms with Crippen molar-refractivity contribution in [2.45, 2.75) is 19.9 Å². The molecule has 1 aromatic heterocycles. The summed E-state index contributed by atoms with van der Waals surface area (Å²) in [5, 5.41) is 4.56. The van der Waals surface area contributed by atoms with E-state index in [1.807, 2.05) is 50.7 Å². The van der Waals surface area contributed by atoms with Gasteiger partial charge >= 0.3 is 0 Å². The third-order valence-electron chi connectivity index (χ3n) is 3.33. The normalized spacial score (nSPS) is 12.9. The average Bonchev–Trinajstić information content (AvgIpc) is 2.96. The van der Waals surface area contributed by atoms with Gasteiger partial charge in [-0.3, -0.25) is 9.59 Å². The highest BCUT2D eigenvalue weighted by Crippen LogP contribution is 2.08. The predicted octanol–water partition coefficient (Wildman–Crippen LogP) is 1.73. The number of nitrogens with zero attached hydrogens (tertiary/aromatic N) is 2. The lowest BCUT2D eigenvalue weighted by molar-refractivity contribution is -0.129. The summed E-state index contributed by atoms with van der Waals surface area (Å²) in [6.45, 7) is 3.59. The predicted molar refractivity (Wildman–Crippen MR) is 92.6 cm³/mol. The summed E-state index contributed by atoms with van der Waals surface area (Å²) in [7, 11) is 1.82. The van der Waals surface area contributed by atoms with Crippen LogP contribution in [-0.2, 0) is 16.6 Å². The molecular weight excluding hydrogens is 326 g/mol. The van der Waals surface area contributed by atoms with Gasteiger partial charge in [0.15, 0.2) is 11.4 Å². The van der Waals surface area contributed by atoms with Crippen LogP contribution in [0.4, 0.5) is 0 Å². The summed E-state index contributed by atoms with van der Waals surface area (Å²) in [6.07, 6.45) is 1.83. The number of amides is 2. The van der Waals surface area contributed by atoms with Gasteiger partial charge in [0, 0.05) is 18.6 Å². The van der Waals surface area contributed by atoms with Crippen molar-refractivity contribution in [3.8, 4) is 5.75 Å². The molecule has 6 nitrogen and oxygen atoms in total. The molecule has 0 aliphatic heterocycles. The number of hydrogen-bond donors (Lipinski definition) is 1. The summed E-state index contributed by atoms with van der Waals surface area (Å²) < 4.78 is 7.16. The highest BCUT2D eigenvalue weighted by molar-refractivity contribution is 7.07. The second kappa shape index (κ2) is 8.44. The number of carbonyl (C=O) groups is 2. The Hall–Kier alpha value is -2.41. The molecule has 2 rings (SSSR count). The molecule has 0 aliphatic rings. The zero-order valence-corrected chi connectivity index (χ0v) is 14.7. The van der Waals surface area contributed by atoms with Crippen LogP contribution in [0.2, 0.25) is 0 Å². The van der Waals surface area contributed by atoms with Crippen molar-refractivity contribution in [2.24, 2.45) is 18.0 Å². The minimum atomic E-state index is -0.682.